The van der Waals surface area contributed by atoms with E-state index in [1.807, 2.05) is 6.92 Å². The molecule has 1 amide bonds. The molecular weight excluding hydrogens is 418 g/mol. The van der Waals surface area contributed by atoms with Crippen molar-refractivity contribution < 1.29 is 27.1 Å². The molecule has 2 aromatic heterocycles. The molecule has 0 radical (unpaired) electrons. The fraction of sp³-hybridized carbons (Fsp3) is 0.450. The molecule has 1 N–H and O–H groups in total. The molecule has 7 nitrogen and oxygen atoms in total. The molecule has 3 aromatic rings. The Morgan fingerprint density at radius 1 is 1.32 bits per heavy atom. The van der Waals surface area contributed by atoms with Crippen LogP contribution in [-0.4, -0.2) is 44.3 Å². The first-order chi connectivity index (χ1) is 14.6. The van der Waals surface area contributed by atoms with Crippen molar-refractivity contribution in [1.82, 2.24) is 24.9 Å². The molecule has 1 unspecified atom stereocenters. The molecule has 31 heavy (non-hydrogen) atoms. The number of nitrogens with one attached hydrogen (secondary N) is 1. The predicted molar refractivity (Wildman–Crippen MR) is 104 cm³/mol. The quantitative estimate of drug-likeness (QED) is 0.598. The third-order valence-corrected chi connectivity index (χ3v) is 5.41. The van der Waals surface area contributed by atoms with E-state index < -0.39 is 18.5 Å². The van der Waals surface area contributed by atoms with Gasteiger partial charge in [0.2, 0.25) is 11.9 Å². The number of rotatable bonds is 6. The summed E-state index contributed by atoms with van der Waals surface area (Å²) in [5, 5.41) is 11.1. The van der Waals surface area contributed by atoms with E-state index in [9.17, 15) is 22.4 Å². The second kappa shape index (κ2) is 7.86. The van der Waals surface area contributed by atoms with Crippen molar-refractivity contribution in [2.75, 3.05) is 6.54 Å². The lowest BCUT2D eigenvalue weighted by Gasteiger charge is -2.20. The maximum Gasteiger partial charge on any atom is 0.390 e. The van der Waals surface area contributed by atoms with Gasteiger partial charge < -0.3 is 10.1 Å². The lowest BCUT2D eigenvalue weighted by atomic mass is 10.0. The molecule has 0 saturated carbocycles. The van der Waals surface area contributed by atoms with E-state index >= 15 is 0 Å². The predicted octanol–water partition coefficient (Wildman–Crippen LogP) is 3.43. The first kappa shape index (κ1) is 21.1. The number of carbonyl (C=O) groups excluding carboxylic acids is 1. The molecule has 0 spiro atoms. The van der Waals surface area contributed by atoms with Crippen LogP contribution in [0.2, 0.25) is 0 Å². The van der Waals surface area contributed by atoms with Gasteiger partial charge in [0.1, 0.15) is 11.9 Å². The molecule has 0 aliphatic carbocycles. The van der Waals surface area contributed by atoms with Crippen molar-refractivity contribution in [2.45, 2.75) is 38.6 Å². The Kier molecular flexibility index (Phi) is 5.36. The van der Waals surface area contributed by atoms with E-state index in [4.69, 9.17) is 4.74 Å². The van der Waals surface area contributed by atoms with Crippen LogP contribution in [-0.2, 0) is 18.4 Å². The number of alkyl halides is 3. The summed E-state index contributed by atoms with van der Waals surface area (Å²) in [6.07, 6.45) is -2.36. The largest absolute Gasteiger partial charge is 0.489 e. The maximum atomic E-state index is 14.7. The van der Waals surface area contributed by atoms with Gasteiger partial charge in [0.15, 0.2) is 0 Å². The average Bonchev–Trinajstić information content (AvgIpc) is 3.39. The number of hydrogen-bond acceptors (Lipinski definition) is 4. The molecule has 1 aliphatic rings. The molecule has 166 valence electrons. The summed E-state index contributed by atoms with van der Waals surface area (Å²) in [6, 6.07) is 3.26. The van der Waals surface area contributed by atoms with Gasteiger partial charge in [-0.15, -0.1) is 0 Å². The number of ether oxygens (including phenoxy) is 1. The van der Waals surface area contributed by atoms with Crippen LogP contribution in [0, 0.1) is 11.9 Å². The molecule has 0 bridgehead atoms. The molecule has 1 aromatic carbocycles. The summed E-state index contributed by atoms with van der Waals surface area (Å²) >= 11 is 0. The molecule has 1 aliphatic heterocycles. The molecule has 1 saturated heterocycles. The Bertz CT molecular complexity index is 1120. The topological polar surface area (TPSA) is 74.0 Å². The number of amides is 1. The average molecular weight is 439 g/mol. The lowest BCUT2D eigenvalue weighted by Crippen LogP contribution is -2.25. The number of aryl methyl sites for hydroxylation is 2. The third kappa shape index (κ3) is 4.49. The molecule has 3 heterocycles. The number of fused-ring (bicyclic) bond motifs is 1. The van der Waals surface area contributed by atoms with Gasteiger partial charge in [-0.3, -0.25) is 9.48 Å². The first-order valence-corrected chi connectivity index (χ1v) is 9.80. The van der Waals surface area contributed by atoms with Crippen LogP contribution >= 0.6 is 0 Å². The molecule has 2 atom stereocenters. The monoisotopic (exact) mass is 439 g/mol. The highest BCUT2D eigenvalue weighted by Crippen LogP contribution is 2.35. The van der Waals surface area contributed by atoms with Crippen LogP contribution in [0.25, 0.3) is 22.0 Å². The van der Waals surface area contributed by atoms with E-state index in [-0.39, 0.29) is 35.6 Å². The van der Waals surface area contributed by atoms with E-state index in [1.54, 1.807) is 12.1 Å². The second-order valence-corrected chi connectivity index (χ2v) is 7.73. The summed E-state index contributed by atoms with van der Waals surface area (Å²) < 4.78 is 60.5. The minimum Gasteiger partial charge on any atom is -0.489 e. The Balaban J connectivity index is 1.66. The zero-order valence-electron chi connectivity index (χ0n) is 16.9. The molecule has 4 rings (SSSR count). The van der Waals surface area contributed by atoms with Crippen molar-refractivity contribution >= 4 is 16.8 Å². The normalized spacial score (nSPS) is 17.9. The minimum absolute atomic E-state index is 0.0572. The Labute approximate surface area is 175 Å². The summed E-state index contributed by atoms with van der Waals surface area (Å²) in [5.41, 5.74) is 1.50. The van der Waals surface area contributed by atoms with E-state index in [2.05, 4.69) is 15.5 Å². The number of benzene rings is 1. The zero-order chi connectivity index (χ0) is 22.3. The number of halogens is 4. The van der Waals surface area contributed by atoms with Crippen LogP contribution in [0.5, 0.6) is 5.75 Å². The highest BCUT2D eigenvalue weighted by molar-refractivity contribution is 5.90. The maximum absolute atomic E-state index is 14.7. The van der Waals surface area contributed by atoms with E-state index in [0.29, 0.717) is 29.6 Å². The first-order valence-electron chi connectivity index (χ1n) is 9.80. The van der Waals surface area contributed by atoms with Gasteiger partial charge in [0, 0.05) is 44.2 Å². The van der Waals surface area contributed by atoms with E-state index in [1.165, 1.54) is 24.1 Å². The van der Waals surface area contributed by atoms with Crippen LogP contribution < -0.4 is 10.1 Å². The van der Waals surface area contributed by atoms with Gasteiger partial charge >= 0.3 is 6.18 Å². The van der Waals surface area contributed by atoms with Crippen molar-refractivity contribution in [2.24, 2.45) is 13.0 Å². The fourth-order valence-corrected chi connectivity index (χ4v) is 3.65. The number of aromatic nitrogens is 4. The Hall–Kier alpha value is -3.11. The third-order valence-electron chi connectivity index (χ3n) is 5.41. The fourth-order valence-electron chi connectivity index (χ4n) is 3.65. The van der Waals surface area contributed by atoms with Gasteiger partial charge in [-0.05, 0) is 24.6 Å². The van der Waals surface area contributed by atoms with Crippen molar-refractivity contribution in [3.63, 3.8) is 0 Å². The van der Waals surface area contributed by atoms with Crippen LogP contribution in [0.4, 0.5) is 17.6 Å². The van der Waals surface area contributed by atoms with Crippen LogP contribution in [0.1, 0.15) is 19.8 Å². The number of carbonyl (C=O) groups is 1. The molecule has 11 heteroatoms. The van der Waals surface area contributed by atoms with Gasteiger partial charge in [0.05, 0.1) is 23.5 Å². The zero-order valence-corrected chi connectivity index (χ0v) is 16.9. The van der Waals surface area contributed by atoms with Gasteiger partial charge in [-0.25, -0.2) is 4.68 Å². The van der Waals surface area contributed by atoms with Gasteiger partial charge in [-0.1, -0.05) is 0 Å². The van der Waals surface area contributed by atoms with Crippen molar-refractivity contribution in [3.05, 3.63) is 30.5 Å². The molecule has 1 fully saturated rings. The summed E-state index contributed by atoms with van der Waals surface area (Å²) in [6.45, 7) is 1.99. The second-order valence-electron chi connectivity index (χ2n) is 7.73. The highest BCUT2D eigenvalue weighted by atomic mass is 19.4. The van der Waals surface area contributed by atoms with Crippen molar-refractivity contribution in [3.8, 4) is 16.9 Å². The van der Waals surface area contributed by atoms with Crippen LogP contribution in [0.15, 0.2) is 24.5 Å². The lowest BCUT2D eigenvalue weighted by molar-refractivity contribution is -0.137. The van der Waals surface area contributed by atoms with Gasteiger partial charge in [0.25, 0.3) is 0 Å². The van der Waals surface area contributed by atoms with Crippen LogP contribution in [0.3, 0.4) is 0 Å². The smallest absolute Gasteiger partial charge is 0.390 e. The standard InChI is InChI=1S/C20H21F4N5O2/c1-11(13-7-17(30)25-8-13)31-16-6-12(5-15-18(16)19(21)28(2)27-15)14-9-26-29(10-14)4-3-20(22,23)24/h5-6,9-11,13H,3-4,7-8H2,1-2H3,(H,25,30)/t11?,13-/m1/s1. The number of nitrogens with zero attached hydrogens (tertiary/aromatic N) is 4. The molecular formula is C20H21F4N5O2. The summed E-state index contributed by atoms with van der Waals surface area (Å²) in [7, 11) is 1.47. The van der Waals surface area contributed by atoms with E-state index in [0.717, 1.165) is 4.68 Å². The van der Waals surface area contributed by atoms with Gasteiger partial charge in [-0.2, -0.15) is 27.8 Å². The SMILES string of the molecule is CC(Oc1cc(-c2cnn(CCC(F)(F)F)c2)cc2nn(C)c(F)c12)[C@H]1CNC(=O)C1. The Morgan fingerprint density at radius 3 is 2.77 bits per heavy atom. The highest BCUT2D eigenvalue weighted by Gasteiger charge is 2.29. The summed E-state index contributed by atoms with van der Waals surface area (Å²) in [5.74, 6) is -0.424. The number of hydrogen-bond donors (Lipinski definition) is 1. The Morgan fingerprint density at radius 2 is 2.10 bits per heavy atom. The summed E-state index contributed by atoms with van der Waals surface area (Å²) in [4.78, 5) is 11.5. The van der Waals surface area contributed by atoms with Crippen molar-refractivity contribution in [1.29, 1.82) is 0 Å². The minimum atomic E-state index is -4.27.